The van der Waals surface area contributed by atoms with Crippen LogP contribution < -0.4 is 10.6 Å². The minimum atomic E-state index is -0.375. The molecule has 126 valence electrons. The molecule has 22 heavy (non-hydrogen) atoms. The van der Waals surface area contributed by atoms with Gasteiger partial charge in [0.25, 0.3) is 0 Å². The summed E-state index contributed by atoms with van der Waals surface area (Å²) in [6, 6.07) is 0.545. The molecule has 5 heteroatoms. The van der Waals surface area contributed by atoms with Gasteiger partial charge < -0.3 is 15.5 Å². The van der Waals surface area contributed by atoms with E-state index < -0.39 is 0 Å². The zero-order chi connectivity index (χ0) is 16.3. The number of hydrogen-bond donors (Lipinski definition) is 2. The molecule has 5 nitrogen and oxygen atoms in total. The van der Waals surface area contributed by atoms with Crippen molar-refractivity contribution in [1.82, 2.24) is 15.5 Å². The molecule has 2 saturated heterocycles. The highest BCUT2D eigenvalue weighted by atomic mass is 16.2. The van der Waals surface area contributed by atoms with Gasteiger partial charge in [0, 0.05) is 30.6 Å². The van der Waals surface area contributed by atoms with Crippen molar-refractivity contribution in [1.29, 1.82) is 0 Å². The first-order valence-corrected chi connectivity index (χ1v) is 8.62. The van der Waals surface area contributed by atoms with E-state index in [4.69, 9.17) is 0 Å². The number of likely N-dealkylation sites (tertiary alicyclic amines) is 1. The van der Waals surface area contributed by atoms with Gasteiger partial charge in [0.05, 0.1) is 5.92 Å². The smallest absolute Gasteiger partial charge is 0.227 e. The predicted octanol–water partition coefficient (Wildman–Crippen LogP) is 1.53. The number of amides is 2. The normalized spacial score (nSPS) is 30.0. The molecule has 0 saturated carbocycles. The molecule has 2 heterocycles. The number of carbonyl (C=O) groups is 2. The van der Waals surface area contributed by atoms with Crippen molar-refractivity contribution in [2.45, 2.75) is 65.5 Å². The SMILES string of the molecule is CC1NCCCC1NC(=O)C1CCCN(C(=O)C(C)(C)C)C1. The average molecular weight is 309 g/mol. The lowest BCUT2D eigenvalue weighted by molar-refractivity contribution is -0.143. The van der Waals surface area contributed by atoms with E-state index in [1.54, 1.807) is 0 Å². The fourth-order valence-electron chi connectivity index (χ4n) is 3.39. The molecule has 2 fully saturated rings. The molecule has 2 amide bonds. The first-order chi connectivity index (χ1) is 10.3. The topological polar surface area (TPSA) is 61.4 Å². The van der Waals surface area contributed by atoms with Gasteiger partial charge in [0.1, 0.15) is 0 Å². The summed E-state index contributed by atoms with van der Waals surface area (Å²) >= 11 is 0. The van der Waals surface area contributed by atoms with Gasteiger partial charge in [-0.05, 0) is 39.2 Å². The number of hydrogen-bond acceptors (Lipinski definition) is 3. The van der Waals surface area contributed by atoms with E-state index in [1.807, 2.05) is 25.7 Å². The van der Waals surface area contributed by atoms with Crippen LogP contribution in [0.4, 0.5) is 0 Å². The quantitative estimate of drug-likeness (QED) is 0.813. The summed E-state index contributed by atoms with van der Waals surface area (Å²) in [6.45, 7) is 10.3. The van der Waals surface area contributed by atoms with Crippen LogP contribution in [0.5, 0.6) is 0 Å². The Hall–Kier alpha value is -1.10. The molecule has 0 aromatic heterocycles. The fraction of sp³-hybridized carbons (Fsp3) is 0.882. The Balaban J connectivity index is 1.91. The van der Waals surface area contributed by atoms with Gasteiger partial charge in [-0.1, -0.05) is 20.8 Å². The molecular weight excluding hydrogens is 278 g/mol. The van der Waals surface area contributed by atoms with Crippen LogP contribution >= 0.6 is 0 Å². The number of piperidine rings is 2. The van der Waals surface area contributed by atoms with Gasteiger partial charge in [0.2, 0.25) is 11.8 Å². The largest absolute Gasteiger partial charge is 0.352 e. The van der Waals surface area contributed by atoms with Crippen LogP contribution in [-0.4, -0.2) is 48.4 Å². The minimum absolute atomic E-state index is 0.0609. The molecule has 3 atom stereocenters. The third kappa shape index (κ3) is 4.22. The lowest BCUT2D eigenvalue weighted by Gasteiger charge is -2.37. The number of rotatable bonds is 2. The summed E-state index contributed by atoms with van der Waals surface area (Å²) in [5.74, 6) is 0.207. The highest BCUT2D eigenvalue weighted by molar-refractivity contribution is 5.84. The van der Waals surface area contributed by atoms with Crippen LogP contribution in [-0.2, 0) is 9.59 Å². The lowest BCUT2D eigenvalue weighted by atomic mass is 9.90. The molecule has 0 spiro atoms. The second-order valence-corrected chi connectivity index (χ2v) is 7.84. The Bertz CT molecular complexity index is 417. The Labute approximate surface area is 134 Å². The van der Waals surface area contributed by atoms with Crippen molar-refractivity contribution in [3.8, 4) is 0 Å². The first-order valence-electron chi connectivity index (χ1n) is 8.62. The van der Waals surface area contributed by atoms with Gasteiger partial charge >= 0.3 is 0 Å². The molecule has 2 rings (SSSR count). The van der Waals surface area contributed by atoms with Crippen LogP contribution in [0.25, 0.3) is 0 Å². The maximum atomic E-state index is 12.6. The van der Waals surface area contributed by atoms with E-state index in [-0.39, 0.29) is 29.2 Å². The summed E-state index contributed by atoms with van der Waals surface area (Å²) in [5, 5.41) is 6.61. The second kappa shape index (κ2) is 6.99. The molecule has 0 bridgehead atoms. The third-order valence-corrected chi connectivity index (χ3v) is 4.81. The molecule has 0 aromatic rings. The zero-order valence-electron chi connectivity index (χ0n) is 14.4. The maximum absolute atomic E-state index is 12.6. The molecule has 0 aliphatic carbocycles. The summed E-state index contributed by atoms with van der Waals surface area (Å²) in [7, 11) is 0. The van der Waals surface area contributed by atoms with Crippen LogP contribution in [0.3, 0.4) is 0 Å². The van der Waals surface area contributed by atoms with E-state index >= 15 is 0 Å². The van der Waals surface area contributed by atoms with Gasteiger partial charge in [0.15, 0.2) is 0 Å². The molecule has 2 N–H and O–H groups in total. The van der Waals surface area contributed by atoms with Crippen molar-refractivity contribution in [2.24, 2.45) is 11.3 Å². The van der Waals surface area contributed by atoms with Crippen LogP contribution in [0.15, 0.2) is 0 Å². The molecule has 0 radical (unpaired) electrons. The lowest BCUT2D eigenvalue weighted by Crippen LogP contribution is -2.55. The van der Waals surface area contributed by atoms with E-state index in [1.165, 1.54) is 0 Å². The van der Waals surface area contributed by atoms with Crippen molar-refractivity contribution in [3.05, 3.63) is 0 Å². The highest BCUT2D eigenvalue weighted by Crippen LogP contribution is 2.24. The van der Waals surface area contributed by atoms with Gasteiger partial charge in [-0.15, -0.1) is 0 Å². The number of nitrogens with one attached hydrogen (secondary N) is 2. The van der Waals surface area contributed by atoms with Crippen molar-refractivity contribution < 1.29 is 9.59 Å². The predicted molar refractivity (Wildman–Crippen MR) is 87.4 cm³/mol. The highest BCUT2D eigenvalue weighted by Gasteiger charge is 2.34. The summed E-state index contributed by atoms with van der Waals surface area (Å²) < 4.78 is 0. The summed E-state index contributed by atoms with van der Waals surface area (Å²) in [5.41, 5.74) is -0.375. The van der Waals surface area contributed by atoms with Crippen LogP contribution in [0.2, 0.25) is 0 Å². The Morgan fingerprint density at radius 2 is 1.91 bits per heavy atom. The Kier molecular flexibility index (Phi) is 5.48. The number of carbonyl (C=O) groups excluding carboxylic acids is 2. The van der Waals surface area contributed by atoms with E-state index in [2.05, 4.69) is 17.6 Å². The van der Waals surface area contributed by atoms with Crippen LogP contribution in [0, 0.1) is 11.3 Å². The molecule has 2 aliphatic heterocycles. The Morgan fingerprint density at radius 1 is 1.18 bits per heavy atom. The second-order valence-electron chi connectivity index (χ2n) is 7.84. The standard InChI is InChI=1S/C17H31N3O2/c1-12-14(8-5-9-18-12)19-15(21)13-7-6-10-20(11-13)16(22)17(2,3)4/h12-14,18H,5-11H2,1-4H3,(H,19,21). The summed E-state index contributed by atoms with van der Waals surface area (Å²) in [6.07, 6.45) is 3.94. The first kappa shape index (κ1) is 17.3. The monoisotopic (exact) mass is 309 g/mol. The van der Waals surface area contributed by atoms with Crippen molar-refractivity contribution >= 4 is 11.8 Å². The van der Waals surface area contributed by atoms with Crippen molar-refractivity contribution in [3.63, 3.8) is 0 Å². The van der Waals surface area contributed by atoms with Gasteiger partial charge in [-0.2, -0.15) is 0 Å². The minimum Gasteiger partial charge on any atom is -0.352 e. The maximum Gasteiger partial charge on any atom is 0.227 e. The zero-order valence-corrected chi connectivity index (χ0v) is 14.4. The molecular formula is C17H31N3O2. The fourth-order valence-corrected chi connectivity index (χ4v) is 3.39. The molecule has 3 unspecified atom stereocenters. The van der Waals surface area contributed by atoms with Gasteiger partial charge in [-0.3, -0.25) is 9.59 Å². The summed E-state index contributed by atoms with van der Waals surface area (Å²) in [4.78, 5) is 26.8. The number of nitrogens with zero attached hydrogens (tertiary/aromatic N) is 1. The molecule has 2 aliphatic rings. The van der Waals surface area contributed by atoms with Crippen molar-refractivity contribution in [2.75, 3.05) is 19.6 Å². The van der Waals surface area contributed by atoms with E-state index in [9.17, 15) is 9.59 Å². The average Bonchev–Trinajstić information content (AvgIpc) is 2.48. The molecule has 0 aromatic carbocycles. The van der Waals surface area contributed by atoms with E-state index in [0.717, 1.165) is 38.8 Å². The Morgan fingerprint density at radius 3 is 2.55 bits per heavy atom. The van der Waals surface area contributed by atoms with Gasteiger partial charge in [-0.25, -0.2) is 0 Å². The third-order valence-electron chi connectivity index (χ3n) is 4.81. The van der Waals surface area contributed by atoms with E-state index in [0.29, 0.717) is 12.6 Å². The van der Waals surface area contributed by atoms with Crippen LogP contribution in [0.1, 0.15) is 53.4 Å².